The van der Waals surface area contributed by atoms with Gasteiger partial charge in [0.2, 0.25) is 0 Å². The minimum absolute atomic E-state index is 0.331. The first-order chi connectivity index (χ1) is 12.1. The molecule has 0 N–H and O–H groups in total. The highest BCUT2D eigenvalue weighted by Crippen LogP contribution is 2.22. The molecule has 25 heavy (non-hydrogen) atoms. The van der Waals surface area contributed by atoms with E-state index in [1.54, 1.807) is 19.1 Å². The Balaban J connectivity index is 1.88. The van der Waals surface area contributed by atoms with Gasteiger partial charge in [0.15, 0.2) is 0 Å². The smallest absolute Gasteiger partial charge is 0.338 e. The summed E-state index contributed by atoms with van der Waals surface area (Å²) in [5.41, 5.74) is 2.25. The fourth-order valence-electron chi connectivity index (χ4n) is 2.69. The third-order valence-corrected chi connectivity index (χ3v) is 4.31. The van der Waals surface area contributed by atoms with Crippen LogP contribution in [0.1, 0.15) is 30.0 Å². The first-order valence-corrected chi connectivity index (χ1v) is 8.96. The predicted molar refractivity (Wildman–Crippen MR) is 99.8 cm³/mol. The highest BCUT2D eigenvalue weighted by atomic mass is 79.9. The summed E-state index contributed by atoms with van der Waals surface area (Å²) >= 11 is 3.43. The van der Waals surface area contributed by atoms with Crippen LogP contribution in [0, 0.1) is 0 Å². The van der Waals surface area contributed by atoms with Crippen molar-refractivity contribution in [3.63, 3.8) is 0 Å². The van der Waals surface area contributed by atoms with E-state index in [2.05, 4.69) is 32.4 Å². The predicted octanol–water partition coefficient (Wildman–Crippen LogP) is 4.57. The Kier molecular flexibility index (Phi) is 5.38. The van der Waals surface area contributed by atoms with Gasteiger partial charge in [0.05, 0.1) is 23.2 Å². The molecule has 0 aliphatic rings. The molecule has 3 rings (SSSR count). The van der Waals surface area contributed by atoms with Crippen LogP contribution in [0.2, 0.25) is 0 Å². The van der Waals surface area contributed by atoms with Crippen molar-refractivity contribution in [1.29, 1.82) is 0 Å². The van der Waals surface area contributed by atoms with Gasteiger partial charge < -0.3 is 14.0 Å². The number of aromatic nitrogens is 2. The van der Waals surface area contributed by atoms with Crippen molar-refractivity contribution in [1.82, 2.24) is 9.55 Å². The lowest BCUT2D eigenvalue weighted by atomic mass is 10.2. The molecule has 5 nitrogen and oxygen atoms in total. The molecule has 0 atom stereocenters. The summed E-state index contributed by atoms with van der Waals surface area (Å²) in [4.78, 5) is 16.5. The molecular weight excluding hydrogens is 384 g/mol. The van der Waals surface area contributed by atoms with Gasteiger partial charge in [-0.2, -0.15) is 0 Å². The Bertz CT molecular complexity index is 905. The van der Waals surface area contributed by atoms with E-state index >= 15 is 0 Å². The maximum atomic E-state index is 11.9. The van der Waals surface area contributed by atoms with Crippen molar-refractivity contribution in [2.45, 2.75) is 27.0 Å². The lowest BCUT2D eigenvalue weighted by molar-refractivity contribution is 0.0526. The van der Waals surface area contributed by atoms with Gasteiger partial charge in [-0.05, 0) is 50.2 Å². The van der Waals surface area contributed by atoms with Gasteiger partial charge in [-0.15, -0.1) is 0 Å². The van der Waals surface area contributed by atoms with Crippen LogP contribution in [0.5, 0.6) is 5.75 Å². The van der Waals surface area contributed by atoms with E-state index in [1.165, 1.54) is 0 Å². The zero-order valence-electron chi connectivity index (χ0n) is 14.2. The van der Waals surface area contributed by atoms with E-state index in [0.29, 0.717) is 18.8 Å². The largest absolute Gasteiger partial charge is 0.486 e. The monoisotopic (exact) mass is 402 g/mol. The average Bonchev–Trinajstić information content (AvgIpc) is 2.96. The number of esters is 1. The summed E-state index contributed by atoms with van der Waals surface area (Å²) < 4.78 is 14.0. The van der Waals surface area contributed by atoms with Crippen molar-refractivity contribution < 1.29 is 14.3 Å². The quantitative estimate of drug-likeness (QED) is 0.566. The van der Waals surface area contributed by atoms with Gasteiger partial charge in [0.1, 0.15) is 18.2 Å². The fourth-order valence-corrected chi connectivity index (χ4v) is 3.07. The van der Waals surface area contributed by atoms with Crippen LogP contribution in [0.25, 0.3) is 11.0 Å². The SMILES string of the molecule is CCOC(=O)c1ccc2c(c1)nc(COc1cccc(Br)c1)n2CC. The van der Waals surface area contributed by atoms with Gasteiger partial charge in [0.25, 0.3) is 0 Å². The lowest BCUT2D eigenvalue weighted by Gasteiger charge is -2.08. The Labute approximate surface area is 154 Å². The van der Waals surface area contributed by atoms with Gasteiger partial charge in [-0.25, -0.2) is 9.78 Å². The summed E-state index contributed by atoms with van der Waals surface area (Å²) in [6.45, 7) is 5.33. The third kappa shape index (κ3) is 3.85. The van der Waals surface area contributed by atoms with Crippen LogP contribution in [0.3, 0.4) is 0 Å². The molecule has 0 saturated carbocycles. The number of imidazole rings is 1. The average molecular weight is 403 g/mol. The number of fused-ring (bicyclic) bond motifs is 1. The standard InChI is InChI=1S/C19H19BrN2O3/c1-3-22-17-9-8-13(19(23)24-4-2)10-16(17)21-18(22)12-25-15-7-5-6-14(20)11-15/h5-11H,3-4,12H2,1-2H3. The fraction of sp³-hybridized carbons (Fsp3) is 0.263. The molecule has 6 heteroatoms. The van der Waals surface area contributed by atoms with E-state index in [4.69, 9.17) is 9.47 Å². The van der Waals surface area contributed by atoms with E-state index in [9.17, 15) is 4.79 Å². The molecule has 1 heterocycles. The van der Waals surface area contributed by atoms with Gasteiger partial charge in [-0.3, -0.25) is 0 Å². The van der Waals surface area contributed by atoms with Crippen LogP contribution in [0.4, 0.5) is 0 Å². The molecule has 0 spiro atoms. The minimum Gasteiger partial charge on any atom is -0.486 e. The van der Waals surface area contributed by atoms with Crippen LogP contribution >= 0.6 is 15.9 Å². The van der Waals surface area contributed by atoms with Crippen molar-refractivity contribution in [3.8, 4) is 5.75 Å². The number of nitrogens with zero attached hydrogens (tertiary/aromatic N) is 2. The Morgan fingerprint density at radius 1 is 1.20 bits per heavy atom. The summed E-state index contributed by atoms with van der Waals surface area (Å²) in [5.74, 6) is 1.26. The zero-order chi connectivity index (χ0) is 17.8. The van der Waals surface area contributed by atoms with Gasteiger partial charge in [-0.1, -0.05) is 22.0 Å². The molecule has 0 amide bonds. The minimum atomic E-state index is -0.331. The number of carbonyl (C=O) groups excluding carboxylic acids is 1. The van der Waals surface area contributed by atoms with E-state index in [0.717, 1.165) is 33.6 Å². The number of benzene rings is 2. The molecule has 0 saturated heterocycles. The third-order valence-electron chi connectivity index (χ3n) is 3.82. The number of halogens is 1. The molecule has 0 fully saturated rings. The van der Waals surface area contributed by atoms with Crippen molar-refractivity contribution in [2.75, 3.05) is 6.61 Å². The molecule has 0 unspecified atom stereocenters. The molecule has 1 aromatic heterocycles. The molecule has 0 radical (unpaired) electrons. The molecule has 2 aromatic carbocycles. The van der Waals surface area contributed by atoms with Crippen LogP contribution < -0.4 is 4.74 Å². The van der Waals surface area contributed by atoms with Crippen LogP contribution in [-0.2, 0) is 17.9 Å². The van der Waals surface area contributed by atoms with Crippen LogP contribution in [0.15, 0.2) is 46.9 Å². The second-order valence-electron chi connectivity index (χ2n) is 5.44. The van der Waals surface area contributed by atoms with E-state index < -0.39 is 0 Å². The van der Waals surface area contributed by atoms with E-state index in [-0.39, 0.29) is 5.97 Å². The molecule has 130 valence electrons. The van der Waals surface area contributed by atoms with E-state index in [1.807, 2.05) is 30.3 Å². The Morgan fingerprint density at radius 2 is 2.04 bits per heavy atom. The molecule has 0 aliphatic carbocycles. The van der Waals surface area contributed by atoms with Crippen LogP contribution in [-0.4, -0.2) is 22.1 Å². The molecule has 3 aromatic rings. The maximum absolute atomic E-state index is 11.9. The number of ether oxygens (including phenoxy) is 2. The van der Waals surface area contributed by atoms with Crippen molar-refractivity contribution in [3.05, 3.63) is 58.3 Å². The molecule has 0 aliphatic heterocycles. The summed E-state index contributed by atoms with van der Waals surface area (Å²) in [6.07, 6.45) is 0. The number of carbonyl (C=O) groups is 1. The lowest BCUT2D eigenvalue weighted by Crippen LogP contribution is -2.06. The van der Waals surface area contributed by atoms with Crippen molar-refractivity contribution >= 4 is 32.9 Å². The number of aryl methyl sites for hydroxylation is 1. The zero-order valence-corrected chi connectivity index (χ0v) is 15.7. The topological polar surface area (TPSA) is 53.4 Å². The second kappa shape index (κ2) is 7.70. The summed E-state index contributed by atoms with van der Waals surface area (Å²) in [5, 5.41) is 0. The van der Waals surface area contributed by atoms with Gasteiger partial charge in [0, 0.05) is 11.0 Å². The molecular formula is C19H19BrN2O3. The molecule has 0 bridgehead atoms. The normalized spacial score (nSPS) is 10.8. The first-order valence-electron chi connectivity index (χ1n) is 8.17. The van der Waals surface area contributed by atoms with Gasteiger partial charge >= 0.3 is 5.97 Å². The highest BCUT2D eigenvalue weighted by Gasteiger charge is 2.14. The van der Waals surface area contributed by atoms with Crippen molar-refractivity contribution in [2.24, 2.45) is 0 Å². The number of hydrogen-bond donors (Lipinski definition) is 0. The Morgan fingerprint density at radius 3 is 2.76 bits per heavy atom. The number of rotatable bonds is 6. The summed E-state index contributed by atoms with van der Waals surface area (Å²) in [6, 6.07) is 13.1. The summed E-state index contributed by atoms with van der Waals surface area (Å²) in [7, 11) is 0. The maximum Gasteiger partial charge on any atom is 0.338 e. The highest BCUT2D eigenvalue weighted by molar-refractivity contribution is 9.10. The Hall–Kier alpha value is -2.34. The first kappa shape index (κ1) is 17.5. The second-order valence-corrected chi connectivity index (χ2v) is 6.36. The number of hydrogen-bond acceptors (Lipinski definition) is 4.